The molecule has 184 valence electrons. The highest BCUT2D eigenvalue weighted by Gasteiger charge is 2.26. The van der Waals surface area contributed by atoms with Crippen molar-refractivity contribution < 1.29 is 14.3 Å². The Kier molecular flexibility index (Phi) is 8.19. The molecule has 0 spiro atoms. The fourth-order valence-electron chi connectivity index (χ4n) is 3.35. The molecule has 0 aliphatic rings. The third-order valence-electron chi connectivity index (χ3n) is 4.78. The van der Waals surface area contributed by atoms with Crippen LogP contribution in [0.1, 0.15) is 64.0 Å². The zero-order chi connectivity index (χ0) is 25.0. The van der Waals surface area contributed by atoms with E-state index in [0.29, 0.717) is 27.5 Å². The maximum atomic E-state index is 12.5. The van der Waals surface area contributed by atoms with Crippen LogP contribution in [-0.4, -0.2) is 43.2 Å². The molecule has 0 bridgehead atoms. The van der Waals surface area contributed by atoms with Crippen molar-refractivity contribution in [1.29, 1.82) is 0 Å². The second-order valence-corrected chi connectivity index (χ2v) is 11.7. The zero-order valence-corrected chi connectivity index (χ0v) is 22.3. The molecule has 0 aliphatic carbocycles. The summed E-state index contributed by atoms with van der Waals surface area (Å²) in [5.41, 5.74) is 2.29. The number of aryl methyl sites for hydroxylation is 2. The van der Waals surface area contributed by atoms with Crippen molar-refractivity contribution in [3.8, 4) is 0 Å². The van der Waals surface area contributed by atoms with E-state index in [2.05, 4.69) is 39.8 Å². The number of anilines is 1. The highest BCUT2D eigenvalue weighted by molar-refractivity contribution is 8.01. The van der Waals surface area contributed by atoms with Gasteiger partial charge in [0.15, 0.2) is 10.2 Å². The number of para-hydroxylation sites is 1. The molecule has 1 unspecified atom stereocenters. The average Bonchev–Trinajstić information content (AvgIpc) is 3.27. The highest BCUT2D eigenvalue weighted by atomic mass is 32.2. The number of benzene rings is 1. The van der Waals surface area contributed by atoms with Gasteiger partial charge in [0, 0.05) is 5.69 Å². The zero-order valence-electron chi connectivity index (χ0n) is 20.6. The number of amides is 2. The summed E-state index contributed by atoms with van der Waals surface area (Å²) in [6, 6.07) is 5.51. The number of alkyl carbamates (subject to hydrolysis) is 1. The third-order valence-corrected chi connectivity index (χ3v) is 6.81. The molecule has 0 saturated carbocycles. The molecular formula is C23H32N6O3S2. The lowest BCUT2D eigenvalue weighted by Crippen LogP contribution is -2.36. The smallest absolute Gasteiger partial charge is 0.408 e. The van der Waals surface area contributed by atoms with E-state index in [0.717, 1.165) is 16.8 Å². The molecule has 3 aromatic rings. The highest BCUT2D eigenvalue weighted by Crippen LogP contribution is 2.28. The summed E-state index contributed by atoms with van der Waals surface area (Å²) in [6.45, 7) is 13.5. The van der Waals surface area contributed by atoms with Crippen LogP contribution in [0.2, 0.25) is 0 Å². The van der Waals surface area contributed by atoms with Crippen LogP contribution in [0.3, 0.4) is 0 Å². The molecule has 2 N–H and O–H groups in total. The van der Waals surface area contributed by atoms with Crippen LogP contribution in [0.5, 0.6) is 0 Å². The number of carbonyl (C=O) groups is 2. The monoisotopic (exact) mass is 504 g/mol. The van der Waals surface area contributed by atoms with Gasteiger partial charge in [-0.25, -0.2) is 4.79 Å². The maximum Gasteiger partial charge on any atom is 0.408 e. The molecule has 34 heavy (non-hydrogen) atoms. The van der Waals surface area contributed by atoms with Gasteiger partial charge >= 0.3 is 6.09 Å². The minimum atomic E-state index is -0.603. The SMILES string of the molecule is Cc1cccc(C)c1NC(=O)CSc1nn2c(C(CC(C)C)NC(=O)OC(C)(C)C)nnc2s1. The number of nitrogens with zero attached hydrogens (tertiary/aromatic N) is 4. The van der Waals surface area contributed by atoms with Crippen molar-refractivity contribution in [2.45, 2.75) is 70.9 Å². The van der Waals surface area contributed by atoms with E-state index in [1.165, 1.54) is 23.1 Å². The lowest BCUT2D eigenvalue weighted by molar-refractivity contribution is -0.113. The number of aromatic nitrogens is 4. The van der Waals surface area contributed by atoms with Crippen LogP contribution < -0.4 is 10.6 Å². The molecule has 1 aromatic carbocycles. The summed E-state index contributed by atoms with van der Waals surface area (Å²) in [5, 5.41) is 19.0. The van der Waals surface area contributed by atoms with Gasteiger partial charge in [-0.2, -0.15) is 4.52 Å². The average molecular weight is 505 g/mol. The van der Waals surface area contributed by atoms with E-state index >= 15 is 0 Å². The van der Waals surface area contributed by atoms with E-state index < -0.39 is 17.7 Å². The molecule has 0 aliphatic heterocycles. The number of fused-ring (bicyclic) bond motifs is 1. The van der Waals surface area contributed by atoms with Crippen molar-refractivity contribution in [2.24, 2.45) is 5.92 Å². The lowest BCUT2D eigenvalue weighted by atomic mass is 10.0. The van der Waals surface area contributed by atoms with Crippen LogP contribution >= 0.6 is 23.1 Å². The lowest BCUT2D eigenvalue weighted by Gasteiger charge is -2.23. The summed E-state index contributed by atoms with van der Waals surface area (Å²) < 4.78 is 7.76. The van der Waals surface area contributed by atoms with E-state index in [1.54, 1.807) is 4.52 Å². The Morgan fingerprint density at radius 1 is 1.18 bits per heavy atom. The first-order valence-corrected chi connectivity index (χ1v) is 12.9. The van der Waals surface area contributed by atoms with Gasteiger partial charge in [0.25, 0.3) is 0 Å². The normalized spacial score (nSPS) is 12.7. The fraction of sp³-hybridized carbons (Fsp3) is 0.522. The Labute approximate surface area is 208 Å². The molecule has 9 nitrogen and oxygen atoms in total. The van der Waals surface area contributed by atoms with Crippen molar-refractivity contribution in [1.82, 2.24) is 25.1 Å². The second kappa shape index (κ2) is 10.7. The predicted molar refractivity (Wildman–Crippen MR) is 135 cm³/mol. The van der Waals surface area contributed by atoms with E-state index in [-0.39, 0.29) is 11.7 Å². The standard InChI is InChI=1S/C23H32N6O3S2/c1-13(2)11-16(24-21(31)32-23(5,6)7)19-26-27-20-29(19)28-22(34-20)33-12-17(30)25-18-14(3)9-8-10-15(18)4/h8-10,13,16H,11-12H2,1-7H3,(H,24,31)(H,25,30). The minimum absolute atomic E-state index is 0.0992. The number of thioether (sulfide) groups is 1. The van der Waals surface area contributed by atoms with E-state index in [9.17, 15) is 9.59 Å². The summed E-state index contributed by atoms with van der Waals surface area (Å²) >= 11 is 2.70. The first kappa shape index (κ1) is 26.0. The molecule has 2 amide bonds. The molecule has 3 rings (SSSR count). The fourth-order valence-corrected chi connectivity index (χ4v) is 5.04. The Balaban J connectivity index is 1.71. The van der Waals surface area contributed by atoms with Crippen molar-refractivity contribution >= 4 is 45.7 Å². The van der Waals surface area contributed by atoms with Gasteiger partial charge in [0.05, 0.1) is 11.8 Å². The van der Waals surface area contributed by atoms with Crippen molar-refractivity contribution in [2.75, 3.05) is 11.1 Å². The van der Waals surface area contributed by atoms with Gasteiger partial charge < -0.3 is 15.4 Å². The van der Waals surface area contributed by atoms with Gasteiger partial charge in [-0.3, -0.25) is 4.79 Å². The van der Waals surface area contributed by atoms with Crippen LogP contribution in [-0.2, 0) is 9.53 Å². The quantitative estimate of drug-likeness (QED) is 0.408. The number of rotatable bonds is 8. The second-order valence-electron chi connectivity index (χ2n) is 9.55. The largest absolute Gasteiger partial charge is 0.444 e. The maximum absolute atomic E-state index is 12.5. The van der Waals surface area contributed by atoms with Crippen LogP contribution in [0.4, 0.5) is 10.5 Å². The molecule has 11 heteroatoms. The van der Waals surface area contributed by atoms with Gasteiger partial charge in [-0.15, -0.1) is 15.3 Å². The Hall–Kier alpha value is -2.66. The Morgan fingerprint density at radius 2 is 1.85 bits per heavy atom. The molecule has 0 fully saturated rings. The van der Waals surface area contributed by atoms with Crippen LogP contribution in [0, 0.1) is 19.8 Å². The van der Waals surface area contributed by atoms with Crippen LogP contribution in [0.25, 0.3) is 4.96 Å². The molecular weight excluding hydrogens is 472 g/mol. The number of ether oxygens (including phenoxy) is 1. The number of hydrogen-bond donors (Lipinski definition) is 2. The summed E-state index contributed by atoms with van der Waals surface area (Å²) in [4.78, 5) is 25.5. The Bertz CT molecular complexity index is 1150. The van der Waals surface area contributed by atoms with Gasteiger partial charge in [0.2, 0.25) is 10.9 Å². The molecule has 0 radical (unpaired) electrons. The first-order chi connectivity index (χ1) is 15.9. The Morgan fingerprint density at radius 3 is 2.47 bits per heavy atom. The topological polar surface area (TPSA) is 111 Å². The summed E-state index contributed by atoms with van der Waals surface area (Å²) in [5.74, 6) is 0.961. The van der Waals surface area contributed by atoms with E-state index in [4.69, 9.17) is 4.74 Å². The molecule has 2 heterocycles. The van der Waals surface area contributed by atoms with Gasteiger partial charge in [-0.05, 0) is 58.1 Å². The molecule has 1 atom stereocenters. The third kappa shape index (κ3) is 6.92. The minimum Gasteiger partial charge on any atom is -0.444 e. The number of hydrogen-bond acceptors (Lipinski definition) is 8. The first-order valence-electron chi connectivity index (χ1n) is 11.1. The predicted octanol–water partition coefficient (Wildman–Crippen LogP) is 5.15. The van der Waals surface area contributed by atoms with Gasteiger partial charge in [0.1, 0.15) is 5.60 Å². The number of carbonyl (C=O) groups excluding carboxylic acids is 2. The molecule has 0 saturated heterocycles. The van der Waals surface area contributed by atoms with Crippen LogP contribution in [0.15, 0.2) is 22.5 Å². The number of nitrogens with one attached hydrogen (secondary N) is 2. The van der Waals surface area contributed by atoms with Crippen molar-refractivity contribution in [3.63, 3.8) is 0 Å². The van der Waals surface area contributed by atoms with Gasteiger partial charge in [-0.1, -0.05) is 55.1 Å². The summed E-state index contributed by atoms with van der Waals surface area (Å²) in [6.07, 6.45) is 0.140. The van der Waals surface area contributed by atoms with Crippen molar-refractivity contribution in [3.05, 3.63) is 35.2 Å². The molecule has 2 aromatic heterocycles. The summed E-state index contributed by atoms with van der Waals surface area (Å²) in [7, 11) is 0. The van der Waals surface area contributed by atoms with E-state index in [1.807, 2.05) is 52.8 Å².